The average Bonchev–Trinajstić information content (AvgIpc) is 2.09. The number of hydrogen-bond donors (Lipinski definition) is 0. The molecule has 0 fully saturated rings. The van der Waals surface area contributed by atoms with Gasteiger partial charge in [-0.1, -0.05) is 26.8 Å². The van der Waals surface area contributed by atoms with E-state index in [2.05, 4.69) is 4.98 Å². The lowest BCUT2D eigenvalue weighted by molar-refractivity contribution is 0.568. The number of aromatic nitrogens is 1. The molecule has 0 aliphatic carbocycles. The van der Waals surface area contributed by atoms with E-state index in [1.165, 1.54) is 6.20 Å². The molecule has 62 valence electrons. The Bertz CT molecular complexity index is 199. The van der Waals surface area contributed by atoms with Gasteiger partial charge in [0.25, 0.3) is 0 Å². The summed E-state index contributed by atoms with van der Waals surface area (Å²) in [6.45, 7) is 5.90. The lowest BCUT2D eigenvalue weighted by Gasteiger charge is -1.93. The van der Waals surface area contributed by atoms with Gasteiger partial charge in [-0.15, -0.1) is 0 Å². The highest BCUT2D eigenvalue weighted by Gasteiger charge is 1.95. The fourth-order valence-electron chi connectivity index (χ4n) is 0.683. The van der Waals surface area contributed by atoms with Crippen LogP contribution in [0.4, 0.5) is 4.39 Å². The zero-order valence-corrected chi connectivity index (χ0v) is 7.26. The molecule has 0 aromatic carbocycles. The van der Waals surface area contributed by atoms with Gasteiger partial charge in [0.2, 0.25) is 5.95 Å². The van der Waals surface area contributed by atoms with E-state index in [4.69, 9.17) is 0 Å². The molecule has 11 heavy (non-hydrogen) atoms. The SMILES string of the molecule is CC.CCc1cccnc1F. The topological polar surface area (TPSA) is 12.9 Å². The molecule has 0 saturated carbocycles. The summed E-state index contributed by atoms with van der Waals surface area (Å²) in [5.41, 5.74) is 0.678. The van der Waals surface area contributed by atoms with Crippen LogP contribution < -0.4 is 0 Å². The predicted octanol–water partition coefficient (Wildman–Crippen LogP) is 2.81. The van der Waals surface area contributed by atoms with Crippen molar-refractivity contribution in [3.05, 3.63) is 29.8 Å². The lowest BCUT2D eigenvalue weighted by Crippen LogP contribution is -1.88. The third kappa shape index (κ3) is 3.12. The Morgan fingerprint density at radius 3 is 2.45 bits per heavy atom. The molecule has 1 rings (SSSR count). The van der Waals surface area contributed by atoms with Crippen LogP contribution in [-0.2, 0) is 6.42 Å². The number of halogens is 1. The van der Waals surface area contributed by atoms with Crippen molar-refractivity contribution in [3.8, 4) is 0 Å². The van der Waals surface area contributed by atoms with Crippen molar-refractivity contribution < 1.29 is 4.39 Å². The van der Waals surface area contributed by atoms with E-state index >= 15 is 0 Å². The van der Waals surface area contributed by atoms with Crippen molar-refractivity contribution in [3.63, 3.8) is 0 Å². The molecule has 0 unspecified atom stereocenters. The van der Waals surface area contributed by atoms with E-state index in [0.717, 1.165) is 0 Å². The van der Waals surface area contributed by atoms with E-state index < -0.39 is 0 Å². The number of nitrogens with zero attached hydrogens (tertiary/aromatic N) is 1. The summed E-state index contributed by atoms with van der Waals surface area (Å²) < 4.78 is 12.5. The summed E-state index contributed by atoms with van der Waals surface area (Å²) in [5, 5.41) is 0. The van der Waals surface area contributed by atoms with Crippen LogP contribution in [0.5, 0.6) is 0 Å². The Labute approximate surface area is 67.3 Å². The van der Waals surface area contributed by atoms with E-state index in [1.807, 2.05) is 20.8 Å². The molecule has 2 heteroatoms. The van der Waals surface area contributed by atoms with Crippen molar-refractivity contribution in [2.45, 2.75) is 27.2 Å². The maximum atomic E-state index is 12.5. The Hall–Kier alpha value is -0.920. The minimum Gasteiger partial charge on any atom is -0.228 e. The molecule has 1 aromatic rings. The molecule has 0 radical (unpaired) electrons. The maximum absolute atomic E-state index is 12.5. The minimum absolute atomic E-state index is 0.347. The summed E-state index contributed by atoms with van der Waals surface area (Å²) in [7, 11) is 0. The molecule has 0 aliphatic rings. The van der Waals surface area contributed by atoms with Crippen LogP contribution in [0.3, 0.4) is 0 Å². The van der Waals surface area contributed by atoms with Crippen molar-refractivity contribution in [1.82, 2.24) is 4.98 Å². The maximum Gasteiger partial charge on any atom is 0.216 e. The van der Waals surface area contributed by atoms with Crippen LogP contribution in [0, 0.1) is 5.95 Å². The van der Waals surface area contributed by atoms with E-state index in [-0.39, 0.29) is 5.95 Å². The van der Waals surface area contributed by atoms with Gasteiger partial charge in [-0.05, 0) is 12.5 Å². The molecule has 0 bridgehead atoms. The second-order valence-electron chi connectivity index (χ2n) is 1.81. The van der Waals surface area contributed by atoms with Crippen LogP contribution in [0.15, 0.2) is 18.3 Å². The first kappa shape index (κ1) is 10.1. The van der Waals surface area contributed by atoms with Crippen LogP contribution in [0.1, 0.15) is 26.3 Å². The average molecular weight is 155 g/mol. The van der Waals surface area contributed by atoms with Crippen LogP contribution >= 0.6 is 0 Å². The number of aryl methyl sites for hydroxylation is 1. The summed E-state index contributed by atoms with van der Waals surface area (Å²) in [5.74, 6) is -0.347. The van der Waals surface area contributed by atoms with Crippen molar-refractivity contribution >= 4 is 0 Å². The first-order chi connectivity index (χ1) is 5.34. The Morgan fingerprint density at radius 2 is 2.09 bits per heavy atom. The summed E-state index contributed by atoms with van der Waals surface area (Å²) in [6.07, 6.45) is 2.16. The molecule has 0 spiro atoms. The molecular formula is C9H14FN. The predicted molar refractivity (Wildman–Crippen MR) is 44.9 cm³/mol. The van der Waals surface area contributed by atoms with Crippen molar-refractivity contribution in [2.24, 2.45) is 0 Å². The van der Waals surface area contributed by atoms with E-state index in [1.54, 1.807) is 12.1 Å². The van der Waals surface area contributed by atoms with Crippen LogP contribution in [-0.4, -0.2) is 4.98 Å². The highest BCUT2D eigenvalue weighted by molar-refractivity contribution is 5.09. The zero-order chi connectivity index (χ0) is 8.69. The van der Waals surface area contributed by atoms with Crippen LogP contribution in [0.2, 0.25) is 0 Å². The van der Waals surface area contributed by atoms with Gasteiger partial charge in [-0.25, -0.2) is 4.98 Å². The molecule has 0 amide bonds. The van der Waals surface area contributed by atoms with Gasteiger partial charge >= 0.3 is 0 Å². The van der Waals surface area contributed by atoms with Gasteiger partial charge in [-0.2, -0.15) is 4.39 Å². The number of pyridine rings is 1. The lowest BCUT2D eigenvalue weighted by atomic mass is 10.2. The summed E-state index contributed by atoms with van der Waals surface area (Å²) in [4.78, 5) is 3.48. The standard InChI is InChI=1S/C7H8FN.C2H6/c1-2-6-4-3-5-9-7(6)8;1-2/h3-5H,2H2,1H3;1-2H3. The first-order valence-electron chi connectivity index (χ1n) is 3.94. The Kier molecular flexibility index (Phi) is 5.35. The molecule has 1 heterocycles. The monoisotopic (exact) mass is 155 g/mol. The molecular weight excluding hydrogens is 141 g/mol. The molecule has 0 saturated heterocycles. The highest BCUT2D eigenvalue weighted by Crippen LogP contribution is 2.01. The second kappa shape index (κ2) is 5.83. The third-order valence-electron chi connectivity index (χ3n) is 1.22. The molecule has 0 atom stereocenters. The van der Waals surface area contributed by atoms with Gasteiger partial charge < -0.3 is 0 Å². The summed E-state index contributed by atoms with van der Waals surface area (Å²) in [6, 6.07) is 3.48. The fourth-order valence-corrected chi connectivity index (χ4v) is 0.683. The molecule has 1 nitrogen and oxygen atoms in total. The fraction of sp³-hybridized carbons (Fsp3) is 0.444. The van der Waals surface area contributed by atoms with Gasteiger partial charge in [0.05, 0.1) is 0 Å². The third-order valence-corrected chi connectivity index (χ3v) is 1.22. The van der Waals surface area contributed by atoms with E-state index in [9.17, 15) is 4.39 Å². The normalized spacial score (nSPS) is 8.36. The van der Waals surface area contributed by atoms with Crippen LogP contribution in [0.25, 0.3) is 0 Å². The quantitative estimate of drug-likeness (QED) is 0.568. The number of hydrogen-bond acceptors (Lipinski definition) is 1. The van der Waals surface area contributed by atoms with Gasteiger partial charge in [0.1, 0.15) is 0 Å². The first-order valence-corrected chi connectivity index (χ1v) is 3.94. The minimum atomic E-state index is -0.347. The Morgan fingerprint density at radius 1 is 1.45 bits per heavy atom. The number of rotatable bonds is 1. The van der Waals surface area contributed by atoms with Crippen molar-refractivity contribution in [1.29, 1.82) is 0 Å². The van der Waals surface area contributed by atoms with Gasteiger partial charge in [0.15, 0.2) is 0 Å². The summed E-state index contributed by atoms with van der Waals surface area (Å²) >= 11 is 0. The molecule has 0 N–H and O–H groups in total. The van der Waals surface area contributed by atoms with E-state index in [0.29, 0.717) is 12.0 Å². The van der Waals surface area contributed by atoms with Crippen molar-refractivity contribution in [2.75, 3.05) is 0 Å². The molecule has 1 aromatic heterocycles. The highest BCUT2D eigenvalue weighted by atomic mass is 19.1. The molecule has 0 aliphatic heterocycles. The zero-order valence-electron chi connectivity index (χ0n) is 7.26. The largest absolute Gasteiger partial charge is 0.228 e. The Balaban J connectivity index is 0.000000461. The van der Waals surface area contributed by atoms with Gasteiger partial charge in [-0.3, -0.25) is 0 Å². The smallest absolute Gasteiger partial charge is 0.216 e. The van der Waals surface area contributed by atoms with Gasteiger partial charge in [0, 0.05) is 11.8 Å². The second-order valence-corrected chi connectivity index (χ2v) is 1.81.